The number of hydrogen-bond acceptors (Lipinski definition) is 5. The van der Waals surface area contributed by atoms with E-state index in [1.807, 2.05) is 4.90 Å². The van der Waals surface area contributed by atoms with E-state index in [0.29, 0.717) is 54.1 Å². The highest BCUT2D eigenvalue weighted by Crippen LogP contribution is 2.24. The lowest BCUT2D eigenvalue weighted by atomic mass is 10.1. The number of pyridine rings is 1. The number of ether oxygens (including phenoxy) is 1. The monoisotopic (exact) mass is 514 g/mol. The number of anilines is 1. The fourth-order valence-corrected chi connectivity index (χ4v) is 4.75. The van der Waals surface area contributed by atoms with E-state index in [1.54, 1.807) is 71.6 Å². The van der Waals surface area contributed by atoms with E-state index in [1.165, 1.54) is 23.9 Å². The molecule has 0 spiro atoms. The maximum Gasteiger partial charge on any atom is 0.263 e. The Kier molecular flexibility index (Phi) is 7.08. The second-order valence-electron chi connectivity index (χ2n) is 8.94. The van der Waals surface area contributed by atoms with Crippen molar-refractivity contribution in [2.24, 2.45) is 0 Å². The number of carbonyl (C=O) groups is 2. The predicted molar refractivity (Wildman–Crippen MR) is 144 cm³/mol. The van der Waals surface area contributed by atoms with Gasteiger partial charge < -0.3 is 19.9 Å². The minimum Gasteiger partial charge on any atom is -0.495 e. The standard InChI is InChI=1S/C29H27FN4O4/c1-38-26-13-7-6-12-25(26)34-19-22(20-8-2-3-9-21(20)29(34)37)28(36)31-18-27(35)33-16-14-32(15-17-33)24-11-5-4-10-23(24)30/h2-13,19H,14-18H2,1H3,(H,31,36). The number of amides is 2. The molecule has 2 amide bonds. The van der Waals surface area contributed by atoms with Gasteiger partial charge in [-0.3, -0.25) is 19.0 Å². The van der Waals surface area contributed by atoms with Gasteiger partial charge in [0.25, 0.3) is 11.5 Å². The summed E-state index contributed by atoms with van der Waals surface area (Å²) in [5.41, 5.74) is 1.00. The number of halogens is 1. The fraction of sp³-hybridized carbons (Fsp3) is 0.207. The molecule has 0 radical (unpaired) electrons. The first-order chi connectivity index (χ1) is 18.5. The zero-order chi connectivity index (χ0) is 26.6. The molecule has 9 heteroatoms. The Morgan fingerprint density at radius 3 is 2.21 bits per heavy atom. The molecule has 0 unspecified atom stereocenters. The van der Waals surface area contributed by atoms with Gasteiger partial charge in [0.15, 0.2) is 0 Å². The Labute approximate surface area is 218 Å². The minimum absolute atomic E-state index is 0.194. The molecule has 5 rings (SSSR count). The Bertz CT molecular complexity index is 1560. The number of hydrogen-bond donors (Lipinski definition) is 1. The Morgan fingerprint density at radius 2 is 1.50 bits per heavy atom. The number of fused-ring (bicyclic) bond motifs is 1. The van der Waals surface area contributed by atoms with Crippen LogP contribution in [0.3, 0.4) is 0 Å². The molecule has 1 fully saturated rings. The van der Waals surface area contributed by atoms with Gasteiger partial charge >= 0.3 is 0 Å². The van der Waals surface area contributed by atoms with Crippen molar-refractivity contribution in [3.05, 3.63) is 101 Å². The van der Waals surface area contributed by atoms with Crippen molar-refractivity contribution in [1.29, 1.82) is 0 Å². The van der Waals surface area contributed by atoms with Crippen molar-refractivity contribution in [3.63, 3.8) is 0 Å². The Morgan fingerprint density at radius 1 is 0.868 bits per heavy atom. The number of carbonyl (C=O) groups excluding carboxylic acids is 2. The molecule has 2 heterocycles. The van der Waals surface area contributed by atoms with E-state index >= 15 is 0 Å². The summed E-state index contributed by atoms with van der Waals surface area (Å²) in [6.45, 7) is 1.64. The number of benzene rings is 3. The second kappa shape index (κ2) is 10.8. The number of nitrogens with zero attached hydrogens (tertiary/aromatic N) is 3. The molecule has 38 heavy (non-hydrogen) atoms. The van der Waals surface area contributed by atoms with Crippen molar-refractivity contribution in [2.75, 3.05) is 44.7 Å². The normalized spacial score (nSPS) is 13.4. The van der Waals surface area contributed by atoms with E-state index in [0.717, 1.165) is 0 Å². The second-order valence-corrected chi connectivity index (χ2v) is 8.94. The first kappa shape index (κ1) is 25.0. The third-order valence-electron chi connectivity index (χ3n) is 6.74. The van der Waals surface area contributed by atoms with Crippen LogP contribution in [0, 0.1) is 5.82 Å². The topological polar surface area (TPSA) is 83.9 Å². The molecule has 1 saturated heterocycles. The average molecular weight is 515 g/mol. The number of aromatic nitrogens is 1. The lowest BCUT2D eigenvalue weighted by Gasteiger charge is -2.36. The van der Waals surface area contributed by atoms with Crippen LogP contribution in [0.4, 0.5) is 10.1 Å². The van der Waals surface area contributed by atoms with Gasteiger partial charge in [-0.05, 0) is 30.3 Å². The number of methoxy groups -OCH3 is 1. The summed E-state index contributed by atoms with van der Waals surface area (Å²) in [5, 5.41) is 3.59. The van der Waals surface area contributed by atoms with E-state index in [2.05, 4.69) is 5.32 Å². The van der Waals surface area contributed by atoms with Gasteiger partial charge in [-0.2, -0.15) is 0 Å². The summed E-state index contributed by atoms with van der Waals surface area (Å²) < 4.78 is 20.9. The molecule has 3 aromatic carbocycles. The van der Waals surface area contributed by atoms with Crippen LogP contribution in [0.15, 0.2) is 83.8 Å². The van der Waals surface area contributed by atoms with Crippen LogP contribution in [0.5, 0.6) is 5.75 Å². The SMILES string of the molecule is COc1ccccc1-n1cc(C(=O)NCC(=O)N2CCN(c3ccccc3F)CC2)c2ccccc2c1=O. The Hall–Kier alpha value is -4.66. The molecule has 1 aromatic heterocycles. The highest BCUT2D eigenvalue weighted by molar-refractivity contribution is 6.07. The van der Waals surface area contributed by atoms with Crippen molar-refractivity contribution >= 4 is 28.3 Å². The molecule has 0 aliphatic carbocycles. The van der Waals surface area contributed by atoms with Crippen LogP contribution in [0.25, 0.3) is 16.5 Å². The molecule has 0 saturated carbocycles. The van der Waals surface area contributed by atoms with Crippen molar-refractivity contribution in [2.45, 2.75) is 0 Å². The van der Waals surface area contributed by atoms with E-state index < -0.39 is 5.91 Å². The van der Waals surface area contributed by atoms with Crippen LogP contribution >= 0.6 is 0 Å². The van der Waals surface area contributed by atoms with Crippen LogP contribution in [-0.4, -0.2) is 61.1 Å². The van der Waals surface area contributed by atoms with Gasteiger partial charge in [0.05, 0.1) is 30.6 Å². The number of rotatable bonds is 6. The van der Waals surface area contributed by atoms with E-state index in [-0.39, 0.29) is 29.4 Å². The summed E-state index contributed by atoms with van der Waals surface area (Å²) in [6.07, 6.45) is 1.48. The molecular formula is C29H27FN4O4. The molecule has 8 nitrogen and oxygen atoms in total. The summed E-state index contributed by atoms with van der Waals surface area (Å²) in [5.74, 6) is -0.501. The lowest BCUT2D eigenvalue weighted by Crippen LogP contribution is -2.51. The maximum atomic E-state index is 14.1. The Balaban J connectivity index is 1.33. The van der Waals surface area contributed by atoms with Crippen molar-refractivity contribution in [1.82, 2.24) is 14.8 Å². The molecule has 0 atom stereocenters. The van der Waals surface area contributed by atoms with Gasteiger partial charge in [0, 0.05) is 43.1 Å². The van der Waals surface area contributed by atoms with Crippen molar-refractivity contribution in [3.8, 4) is 11.4 Å². The third-order valence-corrected chi connectivity index (χ3v) is 6.74. The minimum atomic E-state index is -0.469. The quantitative estimate of drug-likeness (QED) is 0.427. The number of nitrogens with one attached hydrogen (secondary N) is 1. The van der Waals surface area contributed by atoms with Gasteiger partial charge in [-0.25, -0.2) is 4.39 Å². The zero-order valence-corrected chi connectivity index (χ0v) is 20.9. The van der Waals surface area contributed by atoms with Gasteiger partial charge in [-0.1, -0.05) is 42.5 Å². The summed E-state index contributed by atoms with van der Waals surface area (Å²) in [6, 6.07) is 20.5. The molecule has 1 aliphatic heterocycles. The van der Waals surface area contributed by atoms with E-state index in [9.17, 15) is 18.8 Å². The van der Waals surface area contributed by atoms with E-state index in [4.69, 9.17) is 4.74 Å². The lowest BCUT2D eigenvalue weighted by molar-refractivity contribution is -0.130. The largest absolute Gasteiger partial charge is 0.495 e. The van der Waals surface area contributed by atoms with Gasteiger partial charge in [0.1, 0.15) is 11.6 Å². The predicted octanol–water partition coefficient (Wildman–Crippen LogP) is 3.22. The molecule has 1 aliphatic rings. The van der Waals surface area contributed by atoms with Crippen LogP contribution in [-0.2, 0) is 4.79 Å². The summed E-state index contributed by atoms with van der Waals surface area (Å²) in [4.78, 5) is 43.0. The van der Waals surface area contributed by atoms with Crippen LogP contribution < -0.4 is 20.5 Å². The summed E-state index contributed by atoms with van der Waals surface area (Å²) in [7, 11) is 1.51. The van der Waals surface area contributed by atoms with Gasteiger partial charge in [-0.15, -0.1) is 0 Å². The van der Waals surface area contributed by atoms with Gasteiger partial charge in [0.2, 0.25) is 5.91 Å². The maximum absolute atomic E-state index is 14.1. The molecule has 0 bridgehead atoms. The highest BCUT2D eigenvalue weighted by atomic mass is 19.1. The number of para-hydroxylation sites is 3. The highest BCUT2D eigenvalue weighted by Gasteiger charge is 2.24. The molecule has 1 N–H and O–H groups in total. The van der Waals surface area contributed by atoms with Crippen LogP contribution in [0.2, 0.25) is 0 Å². The first-order valence-corrected chi connectivity index (χ1v) is 12.3. The average Bonchev–Trinajstić information content (AvgIpc) is 2.96. The third kappa shape index (κ3) is 4.82. The zero-order valence-electron chi connectivity index (χ0n) is 20.9. The summed E-state index contributed by atoms with van der Waals surface area (Å²) >= 11 is 0. The molecule has 4 aromatic rings. The molecule has 194 valence electrons. The smallest absolute Gasteiger partial charge is 0.263 e. The van der Waals surface area contributed by atoms with Crippen molar-refractivity contribution < 1.29 is 18.7 Å². The molecular weight excluding hydrogens is 487 g/mol. The van der Waals surface area contributed by atoms with Crippen LogP contribution in [0.1, 0.15) is 10.4 Å². The fourth-order valence-electron chi connectivity index (χ4n) is 4.75. The number of piperazine rings is 1. The first-order valence-electron chi connectivity index (χ1n) is 12.3.